The molecule has 7 nitrogen and oxygen atoms in total. The number of hydrogen-bond acceptors (Lipinski definition) is 6. The van der Waals surface area contributed by atoms with Gasteiger partial charge in [0.25, 0.3) is 0 Å². The summed E-state index contributed by atoms with van der Waals surface area (Å²) in [4.78, 5) is 5.64. The molecule has 2 N–H and O–H groups in total. The number of H-pyrrole nitrogens is 1. The van der Waals surface area contributed by atoms with Crippen LogP contribution in [0.4, 0.5) is 5.69 Å². The first-order chi connectivity index (χ1) is 19.8. The number of anilines is 1. The van der Waals surface area contributed by atoms with E-state index in [2.05, 4.69) is 69.8 Å². The Bertz CT molecular complexity index is 1390. The Morgan fingerprint density at radius 1 is 1.00 bits per heavy atom. The van der Waals surface area contributed by atoms with Gasteiger partial charge in [0.15, 0.2) is 0 Å². The molecule has 4 aromatic rings. The van der Waals surface area contributed by atoms with Crippen LogP contribution in [0, 0.1) is 0 Å². The van der Waals surface area contributed by atoms with E-state index in [0.29, 0.717) is 19.1 Å². The second-order valence-electron chi connectivity index (χ2n) is 10.7. The van der Waals surface area contributed by atoms with Crippen molar-refractivity contribution in [2.45, 2.75) is 38.1 Å². The van der Waals surface area contributed by atoms with Gasteiger partial charge in [0.05, 0.1) is 24.9 Å². The molecular weight excluding hydrogens is 502 g/mol. The van der Waals surface area contributed by atoms with Crippen LogP contribution in [0.15, 0.2) is 72.9 Å². The number of hydrogen-bond donors (Lipinski definition) is 2. The van der Waals surface area contributed by atoms with Crippen LogP contribution in [0.5, 0.6) is 11.5 Å². The van der Waals surface area contributed by atoms with Crippen LogP contribution in [0.3, 0.4) is 0 Å². The minimum Gasteiger partial charge on any atom is -0.490 e. The smallest absolute Gasteiger partial charge is 0.142 e. The molecule has 2 aliphatic rings. The summed E-state index contributed by atoms with van der Waals surface area (Å²) in [5.74, 6) is 2.22. The summed E-state index contributed by atoms with van der Waals surface area (Å²) in [6.45, 7) is 6.34. The number of rotatable bonds is 11. The average Bonchev–Trinajstić information content (AvgIpc) is 3.49. The van der Waals surface area contributed by atoms with E-state index in [1.807, 2.05) is 18.3 Å². The number of ether oxygens (including phenoxy) is 4. The summed E-state index contributed by atoms with van der Waals surface area (Å²) >= 11 is 0. The molecule has 0 amide bonds. The Morgan fingerprint density at radius 2 is 1.90 bits per heavy atom. The monoisotopic (exact) mass is 541 g/mol. The molecule has 210 valence electrons. The van der Waals surface area contributed by atoms with Crippen molar-refractivity contribution < 1.29 is 18.9 Å². The maximum atomic E-state index is 6.56. The lowest BCUT2D eigenvalue weighted by Gasteiger charge is -2.33. The van der Waals surface area contributed by atoms with Crippen molar-refractivity contribution in [3.8, 4) is 11.5 Å². The average molecular weight is 542 g/mol. The second-order valence-corrected chi connectivity index (χ2v) is 10.7. The van der Waals surface area contributed by atoms with Crippen molar-refractivity contribution in [2.75, 3.05) is 51.4 Å². The molecule has 2 aliphatic heterocycles. The van der Waals surface area contributed by atoms with E-state index in [9.17, 15) is 0 Å². The fourth-order valence-corrected chi connectivity index (χ4v) is 5.83. The fourth-order valence-electron chi connectivity index (χ4n) is 5.83. The van der Waals surface area contributed by atoms with Crippen molar-refractivity contribution in [3.05, 3.63) is 89.6 Å². The third-order valence-electron chi connectivity index (χ3n) is 8.01. The summed E-state index contributed by atoms with van der Waals surface area (Å²) in [6.07, 6.45) is 4.12. The number of nitrogens with one attached hydrogen (secondary N) is 2. The number of fused-ring (bicyclic) bond motifs is 2. The number of benzene rings is 3. The van der Waals surface area contributed by atoms with Gasteiger partial charge >= 0.3 is 0 Å². The van der Waals surface area contributed by atoms with Gasteiger partial charge in [-0.3, -0.25) is 0 Å². The predicted molar refractivity (Wildman–Crippen MR) is 159 cm³/mol. The van der Waals surface area contributed by atoms with Crippen LogP contribution < -0.4 is 19.7 Å². The van der Waals surface area contributed by atoms with Crippen molar-refractivity contribution in [1.29, 1.82) is 0 Å². The maximum absolute atomic E-state index is 6.56. The highest BCUT2D eigenvalue weighted by Gasteiger charge is 2.27. The van der Waals surface area contributed by atoms with Gasteiger partial charge in [-0.1, -0.05) is 36.4 Å². The first-order valence-electron chi connectivity index (χ1n) is 14.4. The summed E-state index contributed by atoms with van der Waals surface area (Å²) < 4.78 is 23.9. The molecule has 6 rings (SSSR count). The van der Waals surface area contributed by atoms with Gasteiger partial charge in [-0.05, 0) is 66.4 Å². The second kappa shape index (κ2) is 12.8. The highest BCUT2D eigenvalue weighted by atomic mass is 16.5. The van der Waals surface area contributed by atoms with E-state index in [4.69, 9.17) is 18.9 Å². The maximum Gasteiger partial charge on any atom is 0.142 e. The Morgan fingerprint density at radius 3 is 2.80 bits per heavy atom. The SMILES string of the molecule is COCCCN1CCOc2ccc(COC3CNCC[C@@H]3c3ccc(COc4cccc5[nH]ccc45)cc3)cc21. The molecule has 0 radical (unpaired) electrons. The van der Waals surface area contributed by atoms with Gasteiger partial charge < -0.3 is 34.1 Å². The molecule has 3 heterocycles. The minimum atomic E-state index is 0.118. The highest BCUT2D eigenvalue weighted by molar-refractivity contribution is 5.85. The normalized spacial score (nSPS) is 18.9. The summed E-state index contributed by atoms with van der Waals surface area (Å²) in [5.41, 5.74) is 5.91. The van der Waals surface area contributed by atoms with Gasteiger partial charge in [-0.2, -0.15) is 0 Å². The Kier molecular flexibility index (Phi) is 8.52. The third-order valence-corrected chi connectivity index (χ3v) is 8.01. The van der Waals surface area contributed by atoms with Crippen LogP contribution in [-0.4, -0.2) is 57.6 Å². The van der Waals surface area contributed by atoms with Crippen LogP contribution >= 0.6 is 0 Å². The Labute approximate surface area is 236 Å². The zero-order chi connectivity index (χ0) is 27.1. The lowest BCUT2D eigenvalue weighted by atomic mass is 9.87. The van der Waals surface area contributed by atoms with E-state index >= 15 is 0 Å². The molecule has 1 fully saturated rings. The molecule has 1 saturated heterocycles. The first kappa shape index (κ1) is 26.7. The van der Waals surface area contributed by atoms with E-state index in [0.717, 1.165) is 85.9 Å². The van der Waals surface area contributed by atoms with Crippen molar-refractivity contribution in [3.63, 3.8) is 0 Å². The molecule has 1 aromatic heterocycles. The van der Waals surface area contributed by atoms with E-state index in [-0.39, 0.29) is 6.10 Å². The van der Waals surface area contributed by atoms with Crippen molar-refractivity contribution in [1.82, 2.24) is 10.3 Å². The van der Waals surface area contributed by atoms with Crippen LogP contribution in [0.25, 0.3) is 10.9 Å². The van der Waals surface area contributed by atoms with Crippen LogP contribution in [-0.2, 0) is 22.7 Å². The summed E-state index contributed by atoms with van der Waals surface area (Å²) in [6, 6.07) is 23.5. The van der Waals surface area contributed by atoms with Crippen molar-refractivity contribution in [2.24, 2.45) is 0 Å². The van der Waals surface area contributed by atoms with E-state index in [1.165, 1.54) is 11.1 Å². The molecular formula is C33H39N3O4. The number of piperidine rings is 1. The van der Waals surface area contributed by atoms with Crippen LogP contribution in [0.1, 0.15) is 35.4 Å². The zero-order valence-electron chi connectivity index (χ0n) is 23.2. The number of aromatic nitrogens is 1. The molecule has 0 saturated carbocycles. The van der Waals surface area contributed by atoms with Gasteiger partial charge in [-0.25, -0.2) is 0 Å². The van der Waals surface area contributed by atoms with E-state index in [1.54, 1.807) is 7.11 Å². The number of aromatic amines is 1. The number of methoxy groups -OCH3 is 1. The molecule has 0 spiro atoms. The third kappa shape index (κ3) is 6.12. The lowest BCUT2D eigenvalue weighted by Crippen LogP contribution is -2.41. The van der Waals surface area contributed by atoms with Crippen LogP contribution in [0.2, 0.25) is 0 Å². The Balaban J connectivity index is 1.08. The fraction of sp³-hybridized carbons (Fsp3) is 0.394. The molecule has 7 heteroatoms. The lowest BCUT2D eigenvalue weighted by molar-refractivity contribution is 0.0106. The Hall–Kier alpha value is -3.52. The molecule has 2 atom stereocenters. The summed E-state index contributed by atoms with van der Waals surface area (Å²) in [7, 11) is 1.76. The van der Waals surface area contributed by atoms with E-state index < -0.39 is 0 Å². The molecule has 1 unspecified atom stereocenters. The van der Waals surface area contributed by atoms with Gasteiger partial charge in [0.1, 0.15) is 24.7 Å². The van der Waals surface area contributed by atoms with Gasteiger partial charge in [0.2, 0.25) is 0 Å². The van der Waals surface area contributed by atoms with Gasteiger partial charge in [-0.15, -0.1) is 0 Å². The number of nitrogens with zero attached hydrogens (tertiary/aromatic N) is 1. The minimum absolute atomic E-state index is 0.118. The first-order valence-corrected chi connectivity index (χ1v) is 14.4. The molecule has 3 aromatic carbocycles. The molecule has 0 aliphatic carbocycles. The largest absolute Gasteiger partial charge is 0.490 e. The summed E-state index contributed by atoms with van der Waals surface area (Å²) in [5, 5.41) is 4.64. The van der Waals surface area contributed by atoms with Gasteiger partial charge in [0, 0.05) is 49.8 Å². The predicted octanol–water partition coefficient (Wildman–Crippen LogP) is 5.64. The highest BCUT2D eigenvalue weighted by Crippen LogP contribution is 2.34. The molecule has 0 bridgehead atoms. The van der Waals surface area contributed by atoms with Crippen molar-refractivity contribution >= 4 is 16.6 Å². The quantitative estimate of drug-likeness (QED) is 0.240. The topological polar surface area (TPSA) is 68.0 Å². The zero-order valence-corrected chi connectivity index (χ0v) is 23.2. The molecule has 40 heavy (non-hydrogen) atoms. The standard InChI is InChI=1S/C33H39N3O4/c1-37-18-3-16-36-17-19-38-32-11-8-25(20-30(32)36)23-40-33-21-34-14-12-27(33)26-9-6-24(7-10-26)22-39-31-5-2-4-29-28(31)13-15-35-29/h2,4-11,13,15,20,27,33-35H,3,12,14,16-19,21-23H2,1H3/t27-,33?/m1/s1.